The number of aromatic nitrogens is 2. The Morgan fingerprint density at radius 1 is 0.789 bits per heavy atom. The molecule has 0 bridgehead atoms. The minimum Gasteiger partial charge on any atom is -0.328 e. The Labute approximate surface area is 228 Å². The zero-order chi connectivity index (χ0) is 26.6. The van der Waals surface area contributed by atoms with E-state index in [-0.39, 0.29) is 17.6 Å². The van der Waals surface area contributed by atoms with Gasteiger partial charge in [-0.3, -0.25) is 4.79 Å². The first kappa shape index (κ1) is 28.3. The fourth-order valence-electron chi connectivity index (χ4n) is 5.86. The summed E-state index contributed by atoms with van der Waals surface area (Å²) in [6.45, 7) is 3.81. The molecule has 1 fully saturated rings. The molecule has 206 valence electrons. The number of imidazole rings is 1. The first-order valence-electron chi connectivity index (χ1n) is 15.2. The van der Waals surface area contributed by atoms with Crippen molar-refractivity contribution in [1.29, 1.82) is 0 Å². The van der Waals surface area contributed by atoms with E-state index in [1.54, 1.807) is 17.0 Å². The molecule has 1 atom stereocenters. The molecule has 2 aromatic carbocycles. The van der Waals surface area contributed by atoms with E-state index in [9.17, 15) is 9.18 Å². The van der Waals surface area contributed by atoms with E-state index in [1.165, 1.54) is 95.6 Å². The molecule has 0 aliphatic carbocycles. The molecule has 1 amide bonds. The zero-order valence-electron chi connectivity index (χ0n) is 23.3. The lowest BCUT2D eigenvalue weighted by Crippen LogP contribution is -2.24. The lowest BCUT2D eigenvalue weighted by Gasteiger charge is -2.17. The first-order valence-corrected chi connectivity index (χ1v) is 15.2. The maximum atomic E-state index is 13.4. The van der Waals surface area contributed by atoms with Crippen LogP contribution in [0.2, 0.25) is 0 Å². The van der Waals surface area contributed by atoms with Gasteiger partial charge in [0.25, 0.3) is 0 Å². The minimum atomic E-state index is -0.285. The molecule has 5 heteroatoms. The number of nitrogens with zero attached hydrogens (tertiary/aromatic N) is 3. The average Bonchev–Trinajstić information content (AvgIpc) is 3.49. The largest absolute Gasteiger partial charge is 0.328 e. The standard InChI is InChI=1S/C33H46FN3O/c1-2-3-4-5-6-7-8-9-10-11-12-13-14-17-24-36-31-19-16-15-18-30(31)35-33(36)27-25-32(38)37(26-27)29-22-20-28(34)21-23-29/h15-16,18-23,27H,2-14,17,24-26H2,1H3. The number of para-hydroxylation sites is 2. The molecule has 0 spiro atoms. The molecular formula is C33H46FN3O. The predicted molar refractivity (Wildman–Crippen MR) is 156 cm³/mol. The van der Waals surface area contributed by atoms with E-state index in [0.717, 1.165) is 35.5 Å². The third kappa shape index (κ3) is 7.91. The monoisotopic (exact) mass is 519 g/mol. The van der Waals surface area contributed by atoms with Gasteiger partial charge in [-0.2, -0.15) is 0 Å². The number of rotatable bonds is 17. The summed E-state index contributed by atoms with van der Waals surface area (Å²) in [4.78, 5) is 19.6. The summed E-state index contributed by atoms with van der Waals surface area (Å²) in [6, 6.07) is 14.5. The van der Waals surface area contributed by atoms with E-state index in [0.29, 0.717) is 13.0 Å². The van der Waals surface area contributed by atoms with Crippen molar-refractivity contribution in [1.82, 2.24) is 9.55 Å². The highest BCUT2D eigenvalue weighted by Gasteiger charge is 2.34. The highest BCUT2D eigenvalue weighted by Crippen LogP contribution is 2.33. The van der Waals surface area contributed by atoms with Crippen molar-refractivity contribution < 1.29 is 9.18 Å². The van der Waals surface area contributed by atoms with E-state index < -0.39 is 0 Å². The molecular weight excluding hydrogens is 473 g/mol. The molecule has 38 heavy (non-hydrogen) atoms. The summed E-state index contributed by atoms with van der Waals surface area (Å²) in [7, 11) is 0. The number of carbonyl (C=O) groups excluding carboxylic acids is 1. The zero-order valence-corrected chi connectivity index (χ0v) is 23.3. The lowest BCUT2D eigenvalue weighted by molar-refractivity contribution is -0.117. The van der Waals surface area contributed by atoms with Crippen LogP contribution in [0.5, 0.6) is 0 Å². The number of unbranched alkanes of at least 4 members (excludes halogenated alkanes) is 13. The quantitative estimate of drug-likeness (QED) is 0.167. The van der Waals surface area contributed by atoms with Gasteiger partial charge in [-0.25, -0.2) is 9.37 Å². The highest BCUT2D eigenvalue weighted by molar-refractivity contribution is 5.96. The molecule has 4 nitrogen and oxygen atoms in total. The molecule has 4 rings (SSSR count). The molecule has 0 radical (unpaired) electrons. The molecule has 1 unspecified atom stereocenters. The third-order valence-electron chi connectivity index (χ3n) is 8.05. The highest BCUT2D eigenvalue weighted by atomic mass is 19.1. The Hall–Kier alpha value is -2.69. The fraction of sp³-hybridized carbons (Fsp3) is 0.576. The molecule has 1 aliphatic heterocycles. The van der Waals surface area contributed by atoms with Gasteiger partial charge in [0.2, 0.25) is 5.91 Å². The number of hydrogen-bond acceptors (Lipinski definition) is 2. The minimum absolute atomic E-state index is 0.0478. The Kier molecular flexibility index (Phi) is 11.2. The number of halogens is 1. The van der Waals surface area contributed by atoms with Gasteiger partial charge in [-0.15, -0.1) is 0 Å². The van der Waals surface area contributed by atoms with Crippen LogP contribution in [0.15, 0.2) is 48.5 Å². The van der Waals surface area contributed by atoms with Gasteiger partial charge < -0.3 is 9.47 Å². The first-order chi connectivity index (χ1) is 18.7. The Morgan fingerprint density at radius 2 is 1.37 bits per heavy atom. The van der Waals surface area contributed by atoms with Crippen molar-refractivity contribution in [3.63, 3.8) is 0 Å². The van der Waals surface area contributed by atoms with Crippen molar-refractivity contribution in [3.8, 4) is 0 Å². The van der Waals surface area contributed by atoms with Crippen LogP contribution in [-0.4, -0.2) is 22.0 Å². The summed E-state index contributed by atoms with van der Waals surface area (Å²) in [6.07, 6.45) is 19.4. The van der Waals surface area contributed by atoms with Crippen LogP contribution in [-0.2, 0) is 11.3 Å². The topological polar surface area (TPSA) is 38.1 Å². The van der Waals surface area contributed by atoms with E-state index in [4.69, 9.17) is 4.98 Å². The number of aryl methyl sites for hydroxylation is 1. The second-order valence-electron chi connectivity index (χ2n) is 11.1. The van der Waals surface area contributed by atoms with Crippen molar-refractivity contribution >= 4 is 22.6 Å². The van der Waals surface area contributed by atoms with Crippen LogP contribution in [0.25, 0.3) is 11.0 Å². The Bertz CT molecular complexity index is 1120. The average molecular weight is 520 g/mol. The van der Waals surface area contributed by atoms with Crippen LogP contribution in [0, 0.1) is 5.82 Å². The molecule has 2 heterocycles. The van der Waals surface area contributed by atoms with Crippen molar-refractivity contribution in [2.75, 3.05) is 11.4 Å². The van der Waals surface area contributed by atoms with Crippen LogP contribution < -0.4 is 4.90 Å². The second kappa shape index (κ2) is 15.0. The summed E-state index contributed by atoms with van der Waals surface area (Å²) < 4.78 is 15.7. The van der Waals surface area contributed by atoms with Crippen molar-refractivity contribution in [3.05, 3.63) is 60.2 Å². The van der Waals surface area contributed by atoms with Gasteiger partial charge in [-0.05, 0) is 42.8 Å². The van der Waals surface area contributed by atoms with Gasteiger partial charge in [0.1, 0.15) is 11.6 Å². The fourth-order valence-corrected chi connectivity index (χ4v) is 5.86. The van der Waals surface area contributed by atoms with E-state index in [1.807, 2.05) is 6.07 Å². The van der Waals surface area contributed by atoms with Crippen LogP contribution in [0.4, 0.5) is 10.1 Å². The van der Waals surface area contributed by atoms with Crippen molar-refractivity contribution in [2.24, 2.45) is 0 Å². The predicted octanol–water partition coefficient (Wildman–Crippen LogP) is 9.18. The summed E-state index contributed by atoms with van der Waals surface area (Å²) >= 11 is 0. The van der Waals surface area contributed by atoms with E-state index >= 15 is 0 Å². The lowest BCUT2D eigenvalue weighted by atomic mass is 10.0. The summed E-state index contributed by atoms with van der Waals surface area (Å²) in [5, 5.41) is 0. The van der Waals surface area contributed by atoms with Gasteiger partial charge >= 0.3 is 0 Å². The van der Waals surface area contributed by atoms with Crippen molar-refractivity contribution in [2.45, 2.75) is 116 Å². The number of benzene rings is 2. The second-order valence-corrected chi connectivity index (χ2v) is 11.1. The maximum Gasteiger partial charge on any atom is 0.227 e. The molecule has 1 aliphatic rings. The number of amides is 1. The Balaban J connectivity index is 1.22. The van der Waals surface area contributed by atoms with Gasteiger partial charge in [0.05, 0.1) is 11.0 Å². The smallest absolute Gasteiger partial charge is 0.227 e. The van der Waals surface area contributed by atoms with Crippen LogP contribution >= 0.6 is 0 Å². The molecule has 0 N–H and O–H groups in total. The number of hydrogen-bond donors (Lipinski definition) is 0. The molecule has 0 saturated carbocycles. The maximum absolute atomic E-state index is 13.4. The number of anilines is 1. The van der Waals surface area contributed by atoms with Gasteiger partial charge in [0, 0.05) is 31.1 Å². The van der Waals surface area contributed by atoms with E-state index in [2.05, 4.69) is 29.7 Å². The third-order valence-corrected chi connectivity index (χ3v) is 8.05. The number of carbonyl (C=O) groups is 1. The normalized spacial score (nSPS) is 15.7. The number of fused-ring (bicyclic) bond motifs is 1. The van der Waals surface area contributed by atoms with Gasteiger partial charge in [0.15, 0.2) is 0 Å². The SMILES string of the molecule is CCCCCCCCCCCCCCCCn1c(C2CC(=O)N(c3ccc(F)cc3)C2)nc2ccccc21. The summed E-state index contributed by atoms with van der Waals surface area (Å²) in [5.41, 5.74) is 2.92. The molecule has 1 saturated heterocycles. The Morgan fingerprint density at radius 3 is 2.00 bits per heavy atom. The van der Waals surface area contributed by atoms with Crippen LogP contribution in [0.3, 0.4) is 0 Å². The van der Waals surface area contributed by atoms with Gasteiger partial charge in [-0.1, -0.05) is 103 Å². The molecule has 3 aromatic rings. The summed E-state index contributed by atoms with van der Waals surface area (Å²) in [5.74, 6) is 0.856. The molecule has 1 aromatic heterocycles. The van der Waals surface area contributed by atoms with Crippen LogP contribution in [0.1, 0.15) is 115 Å².